The van der Waals surface area contributed by atoms with Gasteiger partial charge >= 0.3 is 0 Å². The molecule has 9 heteroatoms. The van der Waals surface area contributed by atoms with Gasteiger partial charge in [0, 0.05) is 11.3 Å². The maximum Gasteiger partial charge on any atom is 0.270 e. The van der Waals surface area contributed by atoms with Crippen LogP contribution in [-0.2, 0) is 4.79 Å². The van der Waals surface area contributed by atoms with Crippen molar-refractivity contribution in [3.05, 3.63) is 88.6 Å². The number of nitrogens with zero attached hydrogens (tertiary/aromatic N) is 1. The van der Waals surface area contributed by atoms with Crippen molar-refractivity contribution >= 4 is 57.6 Å². The smallest absolute Gasteiger partial charge is 0.270 e. The first kappa shape index (κ1) is 26.4. The largest absolute Gasteiger partial charge is 0.490 e. The van der Waals surface area contributed by atoms with Gasteiger partial charge in [-0.25, -0.2) is 4.39 Å². The summed E-state index contributed by atoms with van der Waals surface area (Å²) in [6, 6.07) is 17.6. The number of amides is 2. The van der Waals surface area contributed by atoms with Gasteiger partial charge in [0.25, 0.3) is 11.8 Å². The molecule has 190 valence electrons. The Labute approximate surface area is 224 Å². The lowest BCUT2D eigenvalue weighted by molar-refractivity contribution is -0.113. The molecule has 1 heterocycles. The number of thioether (sulfide) groups is 1. The van der Waals surface area contributed by atoms with E-state index in [1.807, 2.05) is 32.0 Å². The maximum atomic E-state index is 13.3. The van der Waals surface area contributed by atoms with E-state index in [4.69, 9.17) is 21.7 Å². The lowest BCUT2D eigenvalue weighted by Crippen LogP contribution is -2.27. The molecule has 6 nitrogen and oxygen atoms in total. The van der Waals surface area contributed by atoms with E-state index < -0.39 is 5.82 Å². The number of hydrogen-bond acceptors (Lipinski definition) is 6. The van der Waals surface area contributed by atoms with Gasteiger partial charge in [0.2, 0.25) is 0 Å². The Balaban J connectivity index is 1.54. The fourth-order valence-corrected chi connectivity index (χ4v) is 4.88. The van der Waals surface area contributed by atoms with Crippen molar-refractivity contribution in [2.75, 3.05) is 23.4 Å². The van der Waals surface area contributed by atoms with Gasteiger partial charge in [0.15, 0.2) is 15.8 Å². The molecule has 0 unspecified atom stereocenters. The second-order valence-electron chi connectivity index (χ2n) is 8.02. The van der Waals surface area contributed by atoms with E-state index in [1.165, 1.54) is 40.9 Å². The highest BCUT2D eigenvalue weighted by atomic mass is 32.2. The summed E-state index contributed by atoms with van der Waals surface area (Å²) in [7, 11) is 0. The summed E-state index contributed by atoms with van der Waals surface area (Å²) >= 11 is 6.69. The van der Waals surface area contributed by atoms with E-state index in [0.717, 1.165) is 12.0 Å². The predicted octanol–water partition coefficient (Wildman–Crippen LogP) is 6.67. The molecule has 1 aliphatic rings. The van der Waals surface area contributed by atoms with Crippen LogP contribution in [0.1, 0.15) is 36.2 Å². The number of nitrogens with one attached hydrogen (secondary N) is 1. The van der Waals surface area contributed by atoms with Crippen LogP contribution in [0.4, 0.5) is 15.8 Å². The highest BCUT2D eigenvalue weighted by Crippen LogP contribution is 2.37. The number of ether oxygens (including phenoxy) is 2. The summed E-state index contributed by atoms with van der Waals surface area (Å²) in [4.78, 5) is 27.9. The number of carbonyl (C=O) groups excluding carboxylic acids is 2. The zero-order chi connectivity index (χ0) is 26.4. The molecule has 3 aromatic rings. The van der Waals surface area contributed by atoms with Gasteiger partial charge in [0.1, 0.15) is 5.82 Å². The number of halogens is 1. The van der Waals surface area contributed by atoms with Gasteiger partial charge in [-0.3, -0.25) is 14.5 Å². The predicted molar refractivity (Wildman–Crippen MR) is 150 cm³/mol. The molecule has 4 rings (SSSR count). The summed E-state index contributed by atoms with van der Waals surface area (Å²) in [5.41, 5.74) is 2.06. The maximum absolute atomic E-state index is 13.3. The fraction of sp³-hybridized carbons (Fsp3) is 0.179. The summed E-state index contributed by atoms with van der Waals surface area (Å²) in [6.07, 6.45) is 2.64. The average molecular weight is 537 g/mol. The Morgan fingerprint density at radius 2 is 1.84 bits per heavy atom. The zero-order valence-electron chi connectivity index (χ0n) is 20.3. The standard InChI is InChI=1S/C28H25FN2O4S2/c1-3-14-35-23-13-8-18(15-24(23)34-4-2)16-25-27(33)31(28(36)37-25)22-7-5-6-19(17-22)26(32)30-21-11-9-20(29)10-12-21/h5-13,15-17H,3-4,14H2,1-2H3,(H,30,32)/b25-16+. The molecule has 1 N–H and O–H groups in total. The van der Waals surface area contributed by atoms with Gasteiger partial charge in [-0.1, -0.05) is 43.0 Å². The fourth-order valence-electron chi connectivity index (χ4n) is 3.58. The normalized spacial score (nSPS) is 14.2. The average Bonchev–Trinajstić information content (AvgIpc) is 3.17. The number of thiocarbonyl (C=S) groups is 1. The van der Waals surface area contributed by atoms with Crippen molar-refractivity contribution < 1.29 is 23.5 Å². The van der Waals surface area contributed by atoms with E-state index in [0.29, 0.717) is 50.9 Å². The van der Waals surface area contributed by atoms with Crippen LogP contribution in [0.25, 0.3) is 6.08 Å². The number of carbonyl (C=O) groups is 2. The molecular weight excluding hydrogens is 511 g/mol. The third-order valence-corrected chi connectivity index (χ3v) is 6.59. The van der Waals surface area contributed by atoms with Crippen LogP contribution in [0.3, 0.4) is 0 Å². The number of hydrogen-bond donors (Lipinski definition) is 1. The zero-order valence-corrected chi connectivity index (χ0v) is 22.0. The molecule has 0 bridgehead atoms. The molecule has 37 heavy (non-hydrogen) atoms. The second kappa shape index (κ2) is 12.0. The molecule has 0 spiro atoms. The van der Waals surface area contributed by atoms with Gasteiger partial charge < -0.3 is 14.8 Å². The number of rotatable bonds is 9. The Morgan fingerprint density at radius 3 is 2.57 bits per heavy atom. The Bertz CT molecular complexity index is 1360. The molecule has 0 aliphatic carbocycles. The van der Waals surface area contributed by atoms with Crippen molar-refractivity contribution in [2.24, 2.45) is 0 Å². The second-order valence-corrected chi connectivity index (χ2v) is 9.69. The first-order chi connectivity index (χ1) is 17.9. The molecule has 2 amide bonds. The Hall–Kier alpha value is -3.69. The van der Waals surface area contributed by atoms with Crippen LogP contribution in [-0.4, -0.2) is 29.3 Å². The topological polar surface area (TPSA) is 67.9 Å². The molecule has 0 saturated carbocycles. The van der Waals surface area contributed by atoms with E-state index >= 15 is 0 Å². The van der Waals surface area contributed by atoms with Crippen LogP contribution in [0.15, 0.2) is 71.6 Å². The lowest BCUT2D eigenvalue weighted by Gasteiger charge is -2.15. The van der Waals surface area contributed by atoms with Crippen LogP contribution < -0.4 is 19.7 Å². The minimum Gasteiger partial charge on any atom is -0.490 e. The Morgan fingerprint density at radius 1 is 1.05 bits per heavy atom. The van der Waals surface area contributed by atoms with Crippen molar-refractivity contribution in [2.45, 2.75) is 20.3 Å². The SMILES string of the molecule is CCCOc1ccc(/C=C2/SC(=S)N(c3cccc(C(=O)Nc4ccc(F)cc4)c3)C2=O)cc1OCC. The monoisotopic (exact) mass is 536 g/mol. The third kappa shape index (κ3) is 6.36. The number of anilines is 2. The van der Waals surface area contributed by atoms with Crippen LogP contribution in [0, 0.1) is 5.82 Å². The first-order valence-corrected chi connectivity index (χ1v) is 13.0. The third-order valence-electron chi connectivity index (χ3n) is 5.29. The highest BCUT2D eigenvalue weighted by molar-refractivity contribution is 8.27. The molecule has 0 radical (unpaired) electrons. The van der Waals surface area contributed by atoms with E-state index in [1.54, 1.807) is 30.3 Å². The van der Waals surface area contributed by atoms with Gasteiger partial charge in [-0.05, 0) is 79.6 Å². The molecular formula is C28H25FN2O4S2. The lowest BCUT2D eigenvalue weighted by atomic mass is 10.1. The first-order valence-electron chi connectivity index (χ1n) is 11.7. The summed E-state index contributed by atoms with van der Waals surface area (Å²) in [6.45, 7) is 5.00. The number of benzene rings is 3. The molecule has 0 atom stereocenters. The highest BCUT2D eigenvalue weighted by Gasteiger charge is 2.33. The van der Waals surface area contributed by atoms with Gasteiger partial charge in [-0.2, -0.15) is 0 Å². The quantitative estimate of drug-likeness (QED) is 0.243. The van der Waals surface area contributed by atoms with Gasteiger partial charge in [-0.15, -0.1) is 0 Å². The molecule has 1 fully saturated rings. The summed E-state index contributed by atoms with van der Waals surface area (Å²) < 4.78 is 25.0. The van der Waals surface area contributed by atoms with Crippen molar-refractivity contribution in [3.8, 4) is 11.5 Å². The summed E-state index contributed by atoms with van der Waals surface area (Å²) in [5, 5.41) is 2.72. The minimum atomic E-state index is -0.391. The van der Waals surface area contributed by atoms with Crippen molar-refractivity contribution in [3.63, 3.8) is 0 Å². The molecule has 1 aliphatic heterocycles. The van der Waals surface area contributed by atoms with E-state index in [9.17, 15) is 14.0 Å². The molecule has 0 aromatic heterocycles. The van der Waals surface area contributed by atoms with Crippen molar-refractivity contribution in [1.29, 1.82) is 0 Å². The van der Waals surface area contributed by atoms with E-state index in [2.05, 4.69) is 5.32 Å². The van der Waals surface area contributed by atoms with Crippen LogP contribution >= 0.6 is 24.0 Å². The van der Waals surface area contributed by atoms with E-state index in [-0.39, 0.29) is 11.8 Å². The van der Waals surface area contributed by atoms with Crippen LogP contribution in [0.5, 0.6) is 11.5 Å². The van der Waals surface area contributed by atoms with Crippen molar-refractivity contribution in [1.82, 2.24) is 0 Å². The molecule has 3 aromatic carbocycles. The summed E-state index contributed by atoms with van der Waals surface area (Å²) in [5.74, 6) is 0.208. The van der Waals surface area contributed by atoms with Gasteiger partial charge in [0.05, 0.1) is 23.8 Å². The molecule has 1 saturated heterocycles. The minimum absolute atomic E-state index is 0.282. The Kier molecular flexibility index (Phi) is 8.58. The van der Waals surface area contributed by atoms with Crippen LogP contribution in [0.2, 0.25) is 0 Å².